The second-order valence-corrected chi connectivity index (χ2v) is 7.33. The summed E-state index contributed by atoms with van der Waals surface area (Å²) in [7, 11) is -3.75. The number of benzene rings is 1. The van der Waals surface area contributed by atoms with Gasteiger partial charge in [-0.2, -0.15) is 0 Å². The number of carbonyl (C=O) groups excluding carboxylic acids is 1. The summed E-state index contributed by atoms with van der Waals surface area (Å²) in [5.41, 5.74) is 6.65. The molecule has 0 aliphatic carbocycles. The Bertz CT molecular complexity index is 636. The van der Waals surface area contributed by atoms with Gasteiger partial charge in [0.25, 0.3) is 0 Å². The zero-order chi connectivity index (χ0) is 15.6. The van der Waals surface area contributed by atoms with E-state index in [-0.39, 0.29) is 10.8 Å². The molecule has 0 spiro atoms. The second kappa shape index (κ2) is 6.03. The predicted molar refractivity (Wildman–Crippen MR) is 79.6 cm³/mol. The molecule has 2 rings (SSSR count). The van der Waals surface area contributed by atoms with Crippen LogP contribution in [0.5, 0.6) is 0 Å². The van der Waals surface area contributed by atoms with Crippen molar-refractivity contribution in [3.8, 4) is 0 Å². The van der Waals surface area contributed by atoms with Gasteiger partial charge in [0.05, 0.1) is 18.1 Å². The molecular weight excluding hydrogens is 292 g/mol. The highest BCUT2D eigenvalue weighted by Crippen LogP contribution is 2.25. The lowest BCUT2D eigenvalue weighted by Crippen LogP contribution is -2.47. The largest absolute Gasteiger partial charge is 0.398 e. The van der Waals surface area contributed by atoms with Crippen LogP contribution in [0.15, 0.2) is 23.1 Å². The van der Waals surface area contributed by atoms with E-state index in [4.69, 9.17) is 10.5 Å². The van der Waals surface area contributed by atoms with Crippen LogP contribution in [-0.2, 0) is 19.4 Å². The van der Waals surface area contributed by atoms with Crippen LogP contribution < -0.4 is 5.73 Å². The molecule has 116 valence electrons. The number of ether oxygens (including phenoxy) is 1. The van der Waals surface area contributed by atoms with Crippen LogP contribution in [0, 0.1) is 6.92 Å². The van der Waals surface area contributed by atoms with Crippen molar-refractivity contribution in [2.45, 2.75) is 24.0 Å². The maximum Gasteiger partial charge on any atom is 0.241 e. The Kier molecular flexibility index (Phi) is 4.53. The summed E-state index contributed by atoms with van der Waals surface area (Å²) >= 11 is 0. The number of nitrogen functional groups attached to an aromatic ring is 1. The molecule has 6 nitrogen and oxygen atoms in total. The first-order valence-corrected chi connectivity index (χ1v) is 8.36. The van der Waals surface area contributed by atoms with Gasteiger partial charge in [-0.3, -0.25) is 4.79 Å². The average Bonchev–Trinajstić information content (AvgIpc) is 2.49. The van der Waals surface area contributed by atoms with Crippen molar-refractivity contribution in [1.29, 1.82) is 0 Å². The molecule has 1 aliphatic heterocycles. The average molecular weight is 312 g/mol. The lowest BCUT2D eigenvalue weighted by molar-refractivity contribution is -0.134. The molecule has 21 heavy (non-hydrogen) atoms. The number of hydrogen-bond acceptors (Lipinski definition) is 5. The van der Waals surface area contributed by atoms with E-state index in [9.17, 15) is 13.2 Å². The van der Waals surface area contributed by atoms with Crippen molar-refractivity contribution in [1.82, 2.24) is 4.90 Å². The van der Waals surface area contributed by atoms with Gasteiger partial charge in [-0.1, -0.05) is 6.07 Å². The van der Waals surface area contributed by atoms with Crippen LogP contribution in [-0.4, -0.2) is 50.8 Å². The third kappa shape index (κ3) is 3.03. The van der Waals surface area contributed by atoms with Gasteiger partial charge >= 0.3 is 0 Å². The third-order valence-electron chi connectivity index (χ3n) is 3.77. The number of hydrogen-bond donors (Lipinski definition) is 1. The molecular formula is C14H20N2O4S. The van der Waals surface area contributed by atoms with E-state index in [1.165, 1.54) is 17.9 Å². The highest BCUT2D eigenvalue weighted by molar-refractivity contribution is 7.92. The Morgan fingerprint density at radius 2 is 1.95 bits per heavy atom. The number of amides is 1. The molecule has 1 fully saturated rings. The minimum atomic E-state index is -3.75. The van der Waals surface area contributed by atoms with Gasteiger partial charge in [-0.05, 0) is 31.5 Å². The highest BCUT2D eigenvalue weighted by atomic mass is 32.2. The van der Waals surface area contributed by atoms with Crippen molar-refractivity contribution in [3.05, 3.63) is 23.8 Å². The van der Waals surface area contributed by atoms with E-state index >= 15 is 0 Å². The van der Waals surface area contributed by atoms with Crippen molar-refractivity contribution >= 4 is 21.4 Å². The van der Waals surface area contributed by atoms with Crippen LogP contribution in [0.25, 0.3) is 0 Å². The SMILES string of the molecule is Cc1c(N)cccc1S(=O)(=O)C(C)C(=O)N1CCOCC1. The fourth-order valence-corrected chi connectivity index (χ4v) is 3.91. The smallest absolute Gasteiger partial charge is 0.241 e. The van der Waals surface area contributed by atoms with Crippen molar-refractivity contribution < 1.29 is 17.9 Å². The normalized spacial score (nSPS) is 17.5. The quantitative estimate of drug-likeness (QED) is 0.825. The van der Waals surface area contributed by atoms with E-state index in [0.29, 0.717) is 37.6 Å². The van der Waals surface area contributed by atoms with Crippen LogP contribution in [0.4, 0.5) is 5.69 Å². The lowest BCUT2D eigenvalue weighted by atomic mass is 10.2. The number of sulfone groups is 1. The standard InChI is InChI=1S/C14H20N2O4S/c1-10-12(15)4-3-5-13(10)21(18,19)11(2)14(17)16-6-8-20-9-7-16/h3-5,11H,6-9,15H2,1-2H3. The first-order chi connectivity index (χ1) is 9.85. The molecule has 1 amide bonds. The highest BCUT2D eigenvalue weighted by Gasteiger charge is 2.34. The van der Waals surface area contributed by atoms with Crippen molar-refractivity contribution in [3.63, 3.8) is 0 Å². The van der Waals surface area contributed by atoms with E-state index in [2.05, 4.69) is 0 Å². The zero-order valence-electron chi connectivity index (χ0n) is 12.2. The molecule has 1 aliphatic rings. The number of nitrogens with two attached hydrogens (primary N) is 1. The summed E-state index contributed by atoms with van der Waals surface area (Å²) in [4.78, 5) is 14.0. The van der Waals surface area contributed by atoms with Gasteiger partial charge in [-0.15, -0.1) is 0 Å². The Hall–Kier alpha value is -1.60. The van der Waals surface area contributed by atoms with Crippen LogP contribution >= 0.6 is 0 Å². The number of rotatable bonds is 3. The molecule has 0 saturated carbocycles. The Labute approximate surface area is 124 Å². The summed E-state index contributed by atoms with van der Waals surface area (Å²) in [5.74, 6) is -0.389. The Balaban J connectivity index is 2.30. The van der Waals surface area contributed by atoms with Gasteiger partial charge < -0.3 is 15.4 Å². The maximum absolute atomic E-state index is 12.7. The van der Waals surface area contributed by atoms with Crippen LogP contribution in [0.1, 0.15) is 12.5 Å². The fraction of sp³-hybridized carbons (Fsp3) is 0.500. The minimum Gasteiger partial charge on any atom is -0.398 e. The van der Waals surface area contributed by atoms with Gasteiger partial charge in [0.2, 0.25) is 5.91 Å². The van der Waals surface area contributed by atoms with Crippen LogP contribution in [0.3, 0.4) is 0 Å². The van der Waals surface area contributed by atoms with Gasteiger partial charge in [0.1, 0.15) is 5.25 Å². The summed E-state index contributed by atoms with van der Waals surface area (Å²) in [6.45, 7) is 4.80. The Morgan fingerprint density at radius 3 is 2.57 bits per heavy atom. The molecule has 1 saturated heterocycles. The number of anilines is 1. The summed E-state index contributed by atoms with van der Waals surface area (Å²) in [6.07, 6.45) is 0. The van der Waals surface area contributed by atoms with E-state index in [0.717, 1.165) is 0 Å². The molecule has 2 N–H and O–H groups in total. The molecule has 1 aromatic carbocycles. The number of morpholine rings is 1. The number of nitrogens with zero attached hydrogens (tertiary/aromatic N) is 1. The summed E-state index contributed by atoms with van der Waals surface area (Å²) in [6, 6.07) is 4.72. The van der Waals surface area contributed by atoms with E-state index < -0.39 is 15.1 Å². The first-order valence-electron chi connectivity index (χ1n) is 6.81. The van der Waals surface area contributed by atoms with Crippen molar-refractivity contribution in [2.75, 3.05) is 32.0 Å². The number of carbonyl (C=O) groups is 1. The Morgan fingerprint density at radius 1 is 1.33 bits per heavy atom. The maximum atomic E-state index is 12.7. The van der Waals surface area contributed by atoms with E-state index in [1.807, 2.05) is 0 Å². The van der Waals surface area contributed by atoms with Crippen LogP contribution in [0.2, 0.25) is 0 Å². The molecule has 0 bridgehead atoms. The monoisotopic (exact) mass is 312 g/mol. The molecule has 1 unspecified atom stereocenters. The zero-order valence-corrected chi connectivity index (χ0v) is 13.0. The molecule has 1 atom stereocenters. The molecule has 7 heteroatoms. The topological polar surface area (TPSA) is 89.7 Å². The molecule has 0 radical (unpaired) electrons. The molecule has 1 aromatic rings. The second-order valence-electron chi connectivity index (χ2n) is 5.10. The summed E-state index contributed by atoms with van der Waals surface area (Å²) in [5, 5.41) is -1.13. The molecule has 0 aromatic heterocycles. The van der Waals surface area contributed by atoms with Gasteiger partial charge in [0.15, 0.2) is 9.84 Å². The van der Waals surface area contributed by atoms with Gasteiger partial charge in [-0.25, -0.2) is 8.42 Å². The fourth-order valence-electron chi connectivity index (χ4n) is 2.30. The predicted octanol–water partition coefficient (Wildman–Crippen LogP) is 0.598. The van der Waals surface area contributed by atoms with Gasteiger partial charge in [0, 0.05) is 18.8 Å². The lowest BCUT2D eigenvalue weighted by Gasteiger charge is -2.29. The third-order valence-corrected chi connectivity index (χ3v) is 5.96. The van der Waals surface area contributed by atoms with E-state index in [1.54, 1.807) is 19.1 Å². The summed E-state index contributed by atoms with van der Waals surface area (Å²) < 4.78 is 30.5. The van der Waals surface area contributed by atoms with Crippen molar-refractivity contribution in [2.24, 2.45) is 0 Å². The first kappa shape index (κ1) is 15.8. The molecule has 1 heterocycles. The minimum absolute atomic E-state index is 0.122.